The highest BCUT2D eigenvalue weighted by Crippen LogP contribution is 2.21. The van der Waals surface area contributed by atoms with Gasteiger partial charge in [0.25, 0.3) is 0 Å². The number of hydrogen-bond acceptors (Lipinski definition) is 3. The van der Waals surface area contributed by atoms with E-state index in [9.17, 15) is 0 Å². The second-order valence-corrected chi connectivity index (χ2v) is 7.25. The van der Waals surface area contributed by atoms with Crippen LogP contribution < -0.4 is 10.6 Å². The third kappa shape index (κ3) is 4.97. The molecule has 6 heteroatoms. The molecule has 3 aromatic rings. The van der Waals surface area contributed by atoms with E-state index in [4.69, 9.17) is 4.99 Å². The maximum atomic E-state index is 4.71. The molecule has 0 bridgehead atoms. The Morgan fingerprint density at radius 1 is 1.00 bits per heavy atom. The molecule has 1 heterocycles. The van der Waals surface area contributed by atoms with E-state index in [0.29, 0.717) is 6.54 Å². The number of para-hydroxylation sites is 1. The van der Waals surface area contributed by atoms with Gasteiger partial charge in [-0.1, -0.05) is 62.4 Å². The molecule has 0 aliphatic heterocycles. The first-order valence-corrected chi connectivity index (χ1v) is 9.62. The molecule has 0 saturated heterocycles. The van der Waals surface area contributed by atoms with Crippen LogP contribution in [0.1, 0.15) is 32.2 Å². The number of aromatic nitrogens is 3. The summed E-state index contributed by atoms with van der Waals surface area (Å²) < 4.78 is 1.96. The fourth-order valence-electron chi connectivity index (χ4n) is 2.96. The topological polar surface area (TPSA) is 67.1 Å². The zero-order chi connectivity index (χ0) is 19.8. The summed E-state index contributed by atoms with van der Waals surface area (Å²) in [4.78, 5) is 4.71. The fraction of sp³-hybridized carbons (Fsp3) is 0.318. The molecule has 0 unspecified atom stereocenters. The van der Waals surface area contributed by atoms with Gasteiger partial charge in [-0.15, -0.1) is 10.2 Å². The van der Waals surface area contributed by atoms with Gasteiger partial charge in [0.05, 0.1) is 0 Å². The second kappa shape index (κ2) is 9.17. The lowest BCUT2D eigenvalue weighted by Crippen LogP contribution is -2.43. The van der Waals surface area contributed by atoms with E-state index in [0.717, 1.165) is 30.6 Å². The highest BCUT2D eigenvalue weighted by molar-refractivity contribution is 5.79. The number of benzene rings is 2. The summed E-state index contributed by atoms with van der Waals surface area (Å²) >= 11 is 0. The van der Waals surface area contributed by atoms with Crippen molar-refractivity contribution < 1.29 is 0 Å². The van der Waals surface area contributed by atoms with Gasteiger partial charge in [0.2, 0.25) is 0 Å². The van der Waals surface area contributed by atoms with Gasteiger partial charge in [-0.05, 0) is 24.6 Å². The summed E-state index contributed by atoms with van der Waals surface area (Å²) in [6.45, 7) is 8.52. The van der Waals surface area contributed by atoms with E-state index in [1.165, 1.54) is 5.56 Å². The van der Waals surface area contributed by atoms with Gasteiger partial charge in [0.1, 0.15) is 12.9 Å². The van der Waals surface area contributed by atoms with Crippen LogP contribution >= 0.6 is 0 Å². The summed E-state index contributed by atoms with van der Waals surface area (Å²) in [7, 11) is 0. The largest absolute Gasteiger partial charge is 0.357 e. The van der Waals surface area contributed by atoms with Crippen molar-refractivity contribution in [1.82, 2.24) is 25.4 Å². The molecule has 0 fully saturated rings. The van der Waals surface area contributed by atoms with Crippen molar-refractivity contribution in [1.29, 1.82) is 0 Å². The average Bonchev–Trinajstić information content (AvgIpc) is 3.20. The smallest absolute Gasteiger partial charge is 0.191 e. The SMILES string of the molecule is CCNC(=NCc1nncn1-c1ccccc1)NCC(C)(C)c1ccccc1. The van der Waals surface area contributed by atoms with Crippen LogP contribution in [0, 0.1) is 0 Å². The van der Waals surface area contributed by atoms with Crippen molar-refractivity contribution in [2.24, 2.45) is 4.99 Å². The highest BCUT2D eigenvalue weighted by Gasteiger charge is 2.20. The molecule has 0 aliphatic carbocycles. The average molecular weight is 377 g/mol. The van der Waals surface area contributed by atoms with E-state index in [1.807, 2.05) is 41.0 Å². The minimum atomic E-state index is -0.0124. The normalized spacial score (nSPS) is 12.0. The van der Waals surface area contributed by atoms with Gasteiger partial charge in [-0.3, -0.25) is 4.57 Å². The lowest BCUT2D eigenvalue weighted by atomic mass is 9.85. The zero-order valence-corrected chi connectivity index (χ0v) is 16.8. The number of guanidine groups is 1. The van der Waals surface area contributed by atoms with E-state index in [1.54, 1.807) is 6.33 Å². The summed E-state index contributed by atoms with van der Waals surface area (Å²) in [6.07, 6.45) is 1.72. The van der Waals surface area contributed by atoms with Crippen LogP contribution in [0.5, 0.6) is 0 Å². The molecule has 1 aromatic heterocycles. The standard InChI is InChI=1S/C22H28N6/c1-4-23-21(25-16-22(2,3)18-11-7-5-8-12-18)24-15-20-27-26-17-28(20)19-13-9-6-10-14-19/h5-14,17H,4,15-16H2,1-3H3,(H2,23,24,25). The van der Waals surface area contributed by atoms with Crippen LogP contribution in [-0.2, 0) is 12.0 Å². The maximum Gasteiger partial charge on any atom is 0.191 e. The molecular weight excluding hydrogens is 348 g/mol. The van der Waals surface area contributed by atoms with E-state index < -0.39 is 0 Å². The highest BCUT2D eigenvalue weighted by atomic mass is 15.3. The van der Waals surface area contributed by atoms with Gasteiger partial charge in [-0.25, -0.2) is 4.99 Å². The molecule has 28 heavy (non-hydrogen) atoms. The second-order valence-electron chi connectivity index (χ2n) is 7.25. The van der Waals surface area contributed by atoms with Crippen LogP contribution in [0.4, 0.5) is 0 Å². The third-order valence-electron chi connectivity index (χ3n) is 4.63. The minimum absolute atomic E-state index is 0.0124. The fourth-order valence-corrected chi connectivity index (χ4v) is 2.96. The molecule has 0 radical (unpaired) electrons. The Labute approximate surface area is 166 Å². The van der Waals surface area contributed by atoms with Crippen LogP contribution in [0.25, 0.3) is 5.69 Å². The van der Waals surface area contributed by atoms with Gasteiger partial charge >= 0.3 is 0 Å². The lowest BCUT2D eigenvalue weighted by molar-refractivity contribution is 0.508. The summed E-state index contributed by atoms with van der Waals surface area (Å²) in [5.74, 6) is 1.57. The first-order chi connectivity index (χ1) is 13.6. The Balaban J connectivity index is 1.70. The predicted molar refractivity (Wildman–Crippen MR) is 114 cm³/mol. The van der Waals surface area contributed by atoms with Crippen molar-refractivity contribution in [3.05, 3.63) is 78.4 Å². The summed E-state index contributed by atoms with van der Waals surface area (Å²) in [6, 6.07) is 20.6. The van der Waals surface area contributed by atoms with Crippen LogP contribution in [0.15, 0.2) is 72.0 Å². The molecule has 146 valence electrons. The van der Waals surface area contributed by atoms with E-state index in [-0.39, 0.29) is 5.41 Å². The molecule has 6 nitrogen and oxygen atoms in total. The van der Waals surface area contributed by atoms with Crippen LogP contribution in [-0.4, -0.2) is 33.8 Å². The van der Waals surface area contributed by atoms with Gasteiger partial charge < -0.3 is 10.6 Å². The van der Waals surface area contributed by atoms with Gasteiger partial charge in [0, 0.05) is 24.2 Å². The quantitative estimate of drug-likeness (QED) is 0.490. The molecule has 0 atom stereocenters. The summed E-state index contributed by atoms with van der Waals surface area (Å²) in [5.41, 5.74) is 2.31. The predicted octanol–water partition coefficient (Wildman–Crippen LogP) is 3.30. The van der Waals surface area contributed by atoms with Crippen molar-refractivity contribution in [3.63, 3.8) is 0 Å². The Morgan fingerprint density at radius 2 is 1.68 bits per heavy atom. The van der Waals surface area contributed by atoms with Crippen molar-refractivity contribution >= 4 is 5.96 Å². The molecule has 2 aromatic carbocycles. The number of nitrogens with zero attached hydrogens (tertiary/aromatic N) is 4. The molecule has 2 N–H and O–H groups in total. The van der Waals surface area contributed by atoms with Crippen LogP contribution in [0.3, 0.4) is 0 Å². The third-order valence-corrected chi connectivity index (χ3v) is 4.63. The van der Waals surface area contributed by atoms with Gasteiger partial charge in [0.15, 0.2) is 11.8 Å². The number of rotatable bonds is 7. The number of nitrogens with one attached hydrogen (secondary N) is 2. The maximum absolute atomic E-state index is 4.71. The first kappa shape index (κ1) is 19.6. The number of hydrogen-bond donors (Lipinski definition) is 2. The molecule has 0 amide bonds. The first-order valence-electron chi connectivity index (χ1n) is 9.62. The number of aliphatic imine (C=N–C) groups is 1. The molecule has 3 rings (SSSR count). The molecular formula is C22H28N6. The van der Waals surface area contributed by atoms with Crippen LogP contribution in [0.2, 0.25) is 0 Å². The van der Waals surface area contributed by atoms with E-state index in [2.05, 4.69) is 65.9 Å². The van der Waals surface area contributed by atoms with E-state index >= 15 is 0 Å². The van der Waals surface area contributed by atoms with Crippen molar-refractivity contribution in [3.8, 4) is 5.69 Å². The lowest BCUT2D eigenvalue weighted by Gasteiger charge is -2.26. The Morgan fingerprint density at radius 3 is 2.36 bits per heavy atom. The zero-order valence-electron chi connectivity index (χ0n) is 16.8. The van der Waals surface area contributed by atoms with Crippen molar-refractivity contribution in [2.75, 3.05) is 13.1 Å². The van der Waals surface area contributed by atoms with Crippen molar-refractivity contribution in [2.45, 2.75) is 32.7 Å². The van der Waals surface area contributed by atoms with Gasteiger partial charge in [-0.2, -0.15) is 0 Å². The Kier molecular flexibility index (Phi) is 6.42. The minimum Gasteiger partial charge on any atom is -0.357 e. The Bertz CT molecular complexity index is 884. The Hall–Kier alpha value is -3.15. The molecule has 0 aliphatic rings. The molecule has 0 spiro atoms. The monoisotopic (exact) mass is 376 g/mol. The summed E-state index contributed by atoms with van der Waals surface area (Å²) in [5, 5.41) is 15.1. The molecule has 0 saturated carbocycles.